The van der Waals surface area contributed by atoms with E-state index in [1.807, 2.05) is 27.7 Å². The van der Waals surface area contributed by atoms with Gasteiger partial charge in [0.25, 0.3) is 5.91 Å². The van der Waals surface area contributed by atoms with Gasteiger partial charge >= 0.3 is 0 Å². The lowest BCUT2D eigenvalue weighted by Gasteiger charge is -2.29. The molecule has 0 unspecified atom stereocenters. The Hall–Kier alpha value is -1.34. The number of aliphatic hydroxyl groups excluding tert-OH is 1. The van der Waals surface area contributed by atoms with Gasteiger partial charge in [-0.05, 0) is 26.7 Å². The maximum Gasteiger partial charge on any atom is 0.268 e. The Balaban J connectivity index is 3.00. The molecule has 0 aliphatic carbocycles. The van der Waals surface area contributed by atoms with E-state index < -0.39 is 0 Å². The van der Waals surface area contributed by atoms with Gasteiger partial charge in [-0.1, -0.05) is 25.2 Å². The van der Waals surface area contributed by atoms with Crippen molar-refractivity contribution in [1.29, 1.82) is 0 Å². The molecule has 120 valence electrons. The molecule has 1 heterocycles. The number of amides is 1. The summed E-state index contributed by atoms with van der Waals surface area (Å²) >= 11 is 1.27. The van der Waals surface area contributed by atoms with E-state index >= 15 is 0 Å². The standard InChI is InChI=1S/C14H26N4O2S/c1-5-10(6-2)18(7-8-19)13(20)11-12(15)17-14(21-11)16-9(3)4/h9-10,19H,5-8,15H2,1-4H3,(H,16,17). The van der Waals surface area contributed by atoms with Crippen molar-refractivity contribution < 1.29 is 9.90 Å². The maximum atomic E-state index is 12.7. The highest BCUT2D eigenvalue weighted by molar-refractivity contribution is 7.18. The van der Waals surface area contributed by atoms with E-state index in [0.717, 1.165) is 12.8 Å². The molecule has 6 nitrogen and oxygen atoms in total. The topological polar surface area (TPSA) is 91.5 Å². The monoisotopic (exact) mass is 314 g/mol. The number of nitrogens with zero attached hydrogens (tertiary/aromatic N) is 2. The maximum absolute atomic E-state index is 12.7. The molecule has 7 heteroatoms. The van der Waals surface area contributed by atoms with Crippen molar-refractivity contribution in [3.8, 4) is 0 Å². The summed E-state index contributed by atoms with van der Waals surface area (Å²) in [6.07, 6.45) is 1.69. The molecule has 0 saturated carbocycles. The van der Waals surface area contributed by atoms with Gasteiger partial charge in [-0.25, -0.2) is 4.98 Å². The highest BCUT2D eigenvalue weighted by Crippen LogP contribution is 2.28. The van der Waals surface area contributed by atoms with Crippen molar-refractivity contribution in [2.45, 2.75) is 52.6 Å². The van der Waals surface area contributed by atoms with Crippen molar-refractivity contribution in [2.24, 2.45) is 0 Å². The summed E-state index contributed by atoms with van der Waals surface area (Å²) in [5.41, 5.74) is 5.88. The van der Waals surface area contributed by atoms with Crippen LogP contribution in [0.4, 0.5) is 10.9 Å². The fraction of sp³-hybridized carbons (Fsp3) is 0.714. The van der Waals surface area contributed by atoms with Gasteiger partial charge in [0.15, 0.2) is 5.13 Å². The van der Waals surface area contributed by atoms with Gasteiger partial charge in [0.05, 0.1) is 6.61 Å². The summed E-state index contributed by atoms with van der Waals surface area (Å²) in [6.45, 7) is 8.33. The number of nitrogens with one attached hydrogen (secondary N) is 1. The van der Waals surface area contributed by atoms with Gasteiger partial charge < -0.3 is 21.1 Å². The Bertz CT molecular complexity index is 458. The fourth-order valence-corrected chi connectivity index (χ4v) is 3.20. The van der Waals surface area contributed by atoms with Crippen molar-refractivity contribution in [2.75, 3.05) is 24.2 Å². The first kappa shape index (κ1) is 17.7. The van der Waals surface area contributed by atoms with Gasteiger partial charge in [-0.2, -0.15) is 0 Å². The van der Waals surface area contributed by atoms with Crippen molar-refractivity contribution >= 4 is 28.2 Å². The molecule has 0 spiro atoms. The first-order chi connectivity index (χ1) is 9.94. The van der Waals surface area contributed by atoms with Crippen LogP contribution in [0, 0.1) is 0 Å². The zero-order valence-electron chi connectivity index (χ0n) is 13.2. The first-order valence-corrected chi connectivity index (χ1v) is 8.20. The molecule has 1 aromatic heterocycles. The molecule has 21 heavy (non-hydrogen) atoms. The molecule has 0 radical (unpaired) electrons. The summed E-state index contributed by atoms with van der Waals surface area (Å²) in [4.78, 5) is 19.0. The molecule has 4 N–H and O–H groups in total. The number of aromatic nitrogens is 1. The molecular formula is C14H26N4O2S. The van der Waals surface area contributed by atoms with Crippen LogP contribution in [0.2, 0.25) is 0 Å². The number of hydrogen-bond acceptors (Lipinski definition) is 6. The molecule has 1 aromatic rings. The second kappa shape index (κ2) is 8.19. The second-order valence-electron chi connectivity index (χ2n) is 5.22. The van der Waals surface area contributed by atoms with Crippen LogP contribution >= 0.6 is 11.3 Å². The molecule has 1 amide bonds. The number of hydrogen-bond donors (Lipinski definition) is 3. The van der Waals surface area contributed by atoms with Gasteiger partial charge in [-0.3, -0.25) is 4.79 Å². The lowest BCUT2D eigenvalue weighted by atomic mass is 10.1. The normalized spacial score (nSPS) is 11.2. The quantitative estimate of drug-likeness (QED) is 0.684. The minimum atomic E-state index is -0.149. The molecule has 0 atom stereocenters. The largest absolute Gasteiger partial charge is 0.395 e. The third-order valence-electron chi connectivity index (χ3n) is 3.24. The lowest BCUT2D eigenvalue weighted by molar-refractivity contribution is 0.0628. The van der Waals surface area contributed by atoms with Gasteiger partial charge in [0.2, 0.25) is 0 Å². The van der Waals surface area contributed by atoms with Crippen molar-refractivity contribution in [3.63, 3.8) is 0 Å². The van der Waals surface area contributed by atoms with Crippen LogP contribution in [0.3, 0.4) is 0 Å². The number of aliphatic hydroxyl groups is 1. The van der Waals surface area contributed by atoms with Gasteiger partial charge in [-0.15, -0.1) is 0 Å². The second-order valence-corrected chi connectivity index (χ2v) is 6.22. The number of rotatable bonds is 8. The third-order valence-corrected chi connectivity index (χ3v) is 4.24. The summed E-state index contributed by atoms with van der Waals surface area (Å²) < 4.78 is 0. The number of carbonyl (C=O) groups is 1. The molecular weight excluding hydrogens is 288 g/mol. The zero-order valence-corrected chi connectivity index (χ0v) is 14.0. The Morgan fingerprint density at radius 2 is 2.05 bits per heavy atom. The Morgan fingerprint density at radius 1 is 1.43 bits per heavy atom. The van der Waals surface area contributed by atoms with E-state index in [9.17, 15) is 9.90 Å². The Kier molecular flexibility index (Phi) is 6.91. The van der Waals surface area contributed by atoms with Crippen LogP contribution in [-0.2, 0) is 0 Å². The van der Waals surface area contributed by atoms with Crippen LogP contribution in [0.25, 0.3) is 0 Å². The number of nitrogens with two attached hydrogens (primary N) is 1. The average molecular weight is 314 g/mol. The zero-order chi connectivity index (χ0) is 16.0. The van der Waals surface area contributed by atoms with Crippen LogP contribution in [-0.4, -0.2) is 46.1 Å². The van der Waals surface area contributed by atoms with E-state index in [2.05, 4.69) is 10.3 Å². The fourth-order valence-electron chi connectivity index (χ4n) is 2.21. The summed E-state index contributed by atoms with van der Waals surface area (Å²) in [5, 5.41) is 13.0. The van der Waals surface area contributed by atoms with Gasteiger partial charge in [0.1, 0.15) is 10.7 Å². The van der Waals surface area contributed by atoms with Crippen LogP contribution < -0.4 is 11.1 Å². The van der Waals surface area contributed by atoms with Crippen molar-refractivity contribution in [3.05, 3.63) is 4.88 Å². The van der Waals surface area contributed by atoms with E-state index in [1.54, 1.807) is 4.90 Å². The molecule has 0 saturated heterocycles. The average Bonchev–Trinajstić information content (AvgIpc) is 2.78. The Labute approximate surface area is 130 Å². The van der Waals surface area contributed by atoms with E-state index in [1.165, 1.54) is 11.3 Å². The molecule has 0 fully saturated rings. The van der Waals surface area contributed by atoms with Crippen LogP contribution in [0.5, 0.6) is 0 Å². The molecule has 0 aromatic carbocycles. The SMILES string of the molecule is CCC(CC)N(CCO)C(=O)c1sc(NC(C)C)nc1N. The lowest BCUT2D eigenvalue weighted by Crippen LogP contribution is -2.41. The minimum Gasteiger partial charge on any atom is -0.395 e. The number of carbonyl (C=O) groups excluding carboxylic acids is 1. The molecule has 0 bridgehead atoms. The molecule has 0 aliphatic rings. The first-order valence-electron chi connectivity index (χ1n) is 7.39. The summed E-state index contributed by atoms with van der Waals surface area (Å²) in [7, 11) is 0. The van der Waals surface area contributed by atoms with E-state index in [4.69, 9.17) is 5.73 Å². The smallest absolute Gasteiger partial charge is 0.268 e. The van der Waals surface area contributed by atoms with Gasteiger partial charge in [0, 0.05) is 18.6 Å². The van der Waals surface area contributed by atoms with E-state index in [-0.39, 0.29) is 30.4 Å². The third kappa shape index (κ3) is 4.57. The highest BCUT2D eigenvalue weighted by atomic mass is 32.1. The van der Waals surface area contributed by atoms with Crippen molar-refractivity contribution in [1.82, 2.24) is 9.88 Å². The predicted octanol–water partition coefficient (Wildman–Crippen LogP) is 2.17. The van der Waals surface area contributed by atoms with Crippen LogP contribution in [0.15, 0.2) is 0 Å². The summed E-state index contributed by atoms with van der Waals surface area (Å²) in [6, 6.07) is 0.332. The number of anilines is 2. The molecule has 0 aliphatic heterocycles. The number of nitrogen functional groups attached to an aromatic ring is 1. The Morgan fingerprint density at radius 3 is 2.52 bits per heavy atom. The van der Waals surface area contributed by atoms with E-state index in [0.29, 0.717) is 16.6 Å². The number of thiazole rings is 1. The highest BCUT2D eigenvalue weighted by Gasteiger charge is 2.26. The summed E-state index contributed by atoms with van der Waals surface area (Å²) in [5.74, 6) is 0.103. The minimum absolute atomic E-state index is 0.0575. The van der Waals surface area contributed by atoms with Crippen LogP contribution in [0.1, 0.15) is 50.2 Å². The predicted molar refractivity (Wildman–Crippen MR) is 87.8 cm³/mol. The molecule has 1 rings (SSSR count).